The maximum absolute atomic E-state index is 13.0. The summed E-state index contributed by atoms with van der Waals surface area (Å²) in [7, 11) is 0. The molecule has 5 nitrogen and oxygen atoms in total. The summed E-state index contributed by atoms with van der Waals surface area (Å²) >= 11 is 3.49. The number of allylic oxidation sites excluding steroid dienone is 2. The molecule has 2 atom stereocenters. The second-order valence-electron chi connectivity index (χ2n) is 9.57. The number of fused-ring (bicyclic) bond motifs is 3. The average molecular weight is 467 g/mol. The van der Waals surface area contributed by atoms with Gasteiger partial charge in [-0.3, -0.25) is 4.79 Å². The van der Waals surface area contributed by atoms with Crippen LogP contribution in [0, 0.1) is 17.3 Å². The van der Waals surface area contributed by atoms with Crippen LogP contribution in [0.4, 0.5) is 0 Å². The molecule has 156 valence electrons. The molecule has 0 saturated heterocycles. The highest BCUT2D eigenvalue weighted by molar-refractivity contribution is 9.10. The van der Waals surface area contributed by atoms with Crippen molar-refractivity contribution in [2.24, 2.45) is 22.4 Å². The number of hydrogen-bond acceptors (Lipinski definition) is 3. The Balaban J connectivity index is 1.48. The minimum atomic E-state index is -0.162. The largest absolute Gasteiger partial charge is 0.349 e. The standard InChI is InChI=1S/C24H27BrN4O/c1-14-9-15-5-4-8-24(2,3)19(15)10-16(14)12-27-29-13-26-21-18-11-17(25)6-7-20(18)28-22(21)23(29)30/h6-7,11-14,16,28H,4-5,8-10H2,1-3H3/b27-12-/t14-,16-/m1/s1. The Morgan fingerprint density at radius 3 is 3.00 bits per heavy atom. The number of aromatic amines is 1. The van der Waals surface area contributed by atoms with Gasteiger partial charge in [-0.1, -0.05) is 47.8 Å². The van der Waals surface area contributed by atoms with Crippen LogP contribution in [0.2, 0.25) is 0 Å². The van der Waals surface area contributed by atoms with Crippen molar-refractivity contribution in [3.63, 3.8) is 0 Å². The quantitative estimate of drug-likeness (QED) is 0.370. The van der Waals surface area contributed by atoms with Crippen molar-refractivity contribution >= 4 is 44.1 Å². The third-order valence-corrected chi connectivity index (χ3v) is 7.59. The van der Waals surface area contributed by atoms with Crippen molar-refractivity contribution in [1.82, 2.24) is 14.6 Å². The molecule has 0 spiro atoms. The normalized spacial score (nSPS) is 24.1. The van der Waals surface area contributed by atoms with Gasteiger partial charge in [0.15, 0.2) is 0 Å². The van der Waals surface area contributed by atoms with Crippen molar-refractivity contribution in [1.29, 1.82) is 0 Å². The summed E-state index contributed by atoms with van der Waals surface area (Å²) in [5, 5.41) is 5.51. The van der Waals surface area contributed by atoms with Gasteiger partial charge < -0.3 is 4.98 Å². The van der Waals surface area contributed by atoms with Gasteiger partial charge in [0, 0.05) is 27.5 Å². The van der Waals surface area contributed by atoms with Crippen LogP contribution in [0.25, 0.3) is 21.9 Å². The number of benzene rings is 1. The van der Waals surface area contributed by atoms with Crippen LogP contribution < -0.4 is 5.56 Å². The Kier molecular flexibility index (Phi) is 4.73. The molecule has 30 heavy (non-hydrogen) atoms. The van der Waals surface area contributed by atoms with Gasteiger partial charge in [-0.15, -0.1) is 0 Å². The fourth-order valence-corrected chi connectivity index (χ4v) is 5.67. The molecule has 0 amide bonds. The molecule has 0 saturated carbocycles. The van der Waals surface area contributed by atoms with Crippen molar-refractivity contribution in [2.75, 3.05) is 0 Å². The van der Waals surface area contributed by atoms with E-state index in [-0.39, 0.29) is 11.0 Å². The van der Waals surface area contributed by atoms with Crippen molar-refractivity contribution in [3.05, 3.63) is 50.5 Å². The second-order valence-corrected chi connectivity index (χ2v) is 10.5. The van der Waals surface area contributed by atoms with Gasteiger partial charge in [0.1, 0.15) is 17.4 Å². The molecule has 0 radical (unpaired) electrons. The number of nitrogens with zero attached hydrogens (tertiary/aromatic N) is 3. The maximum atomic E-state index is 13.0. The van der Waals surface area contributed by atoms with Gasteiger partial charge in [0.05, 0.1) is 0 Å². The molecule has 0 fully saturated rings. The van der Waals surface area contributed by atoms with E-state index >= 15 is 0 Å². The third-order valence-electron chi connectivity index (χ3n) is 7.10. The van der Waals surface area contributed by atoms with E-state index in [9.17, 15) is 4.79 Å². The lowest BCUT2D eigenvalue weighted by Gasteiger charge is -2.42. The zero-order chi connectivity index (χ0) is 21.0. The van der Waals surface area contributed by atoms with Crippen molar-refractivity contribution < 1.29 is 0 Å². The van der Waals surface area contributed by atoms with Gasteiger partial charge in [0.2, 0.25) is 0 Å². The predicted molar refractivity (Wildman–Crippen MR) is 126 cm³/mol. The molecule has 3 aromatic rings. The van der Waals surface area contributed by atoms with E-state index in [4.69, 9.17) is 0 Å². The zero-order valence-corrected chi connectivity index (χ0v) is 19.3. The van der Waals surface area contributed by atoms with Gasteiger partial charge in [0.25, 0.3) is 5.56 Å². The number of hydrogen-bond donors (Lipinski definition) is 1. The smallest absolute Gasteiger partial charge is 0.298 e. The Morgan fingerprint density at radius 2 is 2.17 bits per heavy atom. The second kappa shape index (κ2) is 7.19. The first-order valence-electron chi connectivity index (χ1n) is 10.8. The maximum Gasteiger partial charge on any atom is 0.298 e. The fourth-order valence-electron chi connectivity index (χ4n) is 5.30. The highest BCUT2D eigenvalue weighted by Gasteiger charge is 2.36. The lowest BCUT2D eigenvalue weighted by atomic mass is 9.63. The van der Waals surface area contributed by atoms with Crippen LogP contribution in [-0.4, -0.2) is 20.9 Å². The van der Waals surface area contributed by atoms with E-state index in [1.54, 1.807) is 11.1 Å². The topological polar surface area (TPSA) is 63.0 Å². The number of H-pyrrole nitrogens is 1. The Hall–Kier alpha value is -2.21. The summed E-state index contributed by atoms with van der Waals surface area (Å²) in [6.45, 7) is 7.06. The predicted octanol–water partition coefficient (Wildman–Crippen LogP) is 6.03. The van der Waals surface area contributed by atoms with Crippen LogP contribution >= 0.6 is 15.9 Å². The van der Waals surface area contributed by atoms with E-state index < -0.39 is 0 Å². The van der Waals surface area contributed by atoms with E-state index in [0.717, 1.165) is 28.2 Å². The van der Waals surface area contributed by atoms with Crippen LogP contribution in [0.1, 0.15) is 52.9 Å². The van der Waals surface area contributed by atoms with Crippen LogP contribution in [-0.2, 0) is 0 Å². The summed E-state index contributed by atoms with van der Waals surface area (Å²) in [4.78, 5) is 20.8. The number of aromatic nitrogens is 3. The van der Waals surface area contributed by atoms with Gasteiger partial charge in [-0.2, -0.15) is 9.78 Å². The molecule has 5 rings (SSSR count). The molecular formula is C24H27BrN4O. The molecule has 2 heterocycles. The van der Waals surface area contributed by atoms with Gasteiger partial charge in [-0.25, -0.2) is 4.98 Å². The molecule has 6 heteroatoms. The SMILES string of the molecule is C[C@@H]1CC2=C(C[C@@H]1/C=N\n1cnc3c([nH]c4ccc(Br)cc43)c1=O)C(C)(C)CCC2. The molecule has 2 aliphatic rings. The number of nitrogens with one attached hydrogen (secondary N) is 1. The van der Waals surface area contributed by atoms with E-state index in [0.29, 0.717) is 22.9 Å². The lowest BCUT2D eigenvalue weighted by Crippen LogP contribution is -2.30. The Bertz CT molecular complexity index is 1260. The Morgan fingerprint density at radius 1 is 1.33 bits per heavy atom. The summed E-state index contributed by atoms with van der Waals surface area (Å²) < 4.78 is 2.33. The number of halogens is 1. The van der Waals surface area contributed by atoms with E-state index in [1.807, 2.05) is 24.4 Å². The molecule has 2 aliphatic carbocycles. The number of rotatable bonds is 2. The van der Waals surface area contributed by atoms with E-state index in [1.165, 1.54) is 30.3 Å². The lowest BCUT2D eigenvalue weighted by molar-refractivity contribution is 0.295. The van der Waals surface area contributed by atoms with E-state index in [2.05, 4.69) is 51.8 Å². The minimum Gasteiger partial charge on any atom is -0.349 e. The average Bonchev–Trinajstić information content (AvgIpc) is 3.06. The summed E-state index contributed by atoms with van der Waals surface area (Å²) in [6, 6.07) is 5.89. The molecule has 2 aromatic heterocycles. The molecule has 0 unspecified atom stereocenters. The highest BCUT2D eigenvalue weighted by Crippen LogP contribution is 2.48. The molecular weight excluding hydrogens is 440 g/mol. The molecule has 1 N–H and O–H groups in total. The van der Waals surface area contributed by atoms with Crippen molar-refractivity contribution in [2.45, 2.75) is 52.9 Å². The van der Waals surface area contributed by atoms with Crippen LogP contribution in [0.5, 0.6) is 0 Å². The first-order valence-corrected chi connectivity index (χ1v) is 11.6. The van der Waals surface area contributed by atoms with Crippen LogP contribution in [0.15, 0.2) is 50.0 Å². The van der Waals surface area contributed by atoms with Crippen molar-refractivity contribution in [3.8, 4) is 0 Å². The zero-order valence-electron chi connectivity index (χ0n) is 17.7. The third kappa shape index (κ3) is 3.25. The summed E-state index contributed by atoms with van der Waals surface area (Å²) in [5.41, 5.74) is 5.52. The summed E-state index contributed by atoms with van der Waals surface area (Å²) in [6.07, 6.45) is 9.55. The summed E-state index contributed by atoms with van der Waals surface area (Å²) in [5.74, 6) is 0.890. The molecule has 0 aliphatic heterocycles. The highest BCUT2D eigenvalue weighted by atomic mass is 79.9. The van der Waals surface area contributed by atoms with Gasteiger partial charge in [-0.05, 0) is 61.6 Å². The Labute approximate surface area is 184 Å². The molecule has 0 bridgehead atoms. The van der Waals surface area contributed by atoms with Gasteiger partial charge >= 0.3 is 0 Å². The minimum absolute atomic E-state index is 0.162. The molecule has 1 aromatic carbocycles. The first-order chi connectivity index (χ1) is 14.3. The monoisotopic (exact) mass is 466 g/mol. The fraction of sp³-hybridized carbons (Fsp3) is 0.458. The first kappa shape index (κ1) is 19.7. The van der Waals surface area contributed by atoms with Crippen LogP contribution in [0.3, 0.4) is 0 Å².